The molecule has 1 aliphatic carbocycles. The maximum absolute atomic E-state index is 13.6. The molecule has 6 rings (SSSR count). The van der Waals surface area contributed by atoms with Crippen molar-refractivity contribution in [3.05, 3.63) is 81.4 Å². The number of rotatable bonds is 3. The molecule has 0 unspecified atom stereocenters. The molecule has 0 saturated carbocycles. The lowest BCUT2D eigenvalue weighted by Crippen LogP contribution is -2.54. The third kappa shape index (κ3) is 2.42. The van der Waals surface area contributed by atoms with Gasteiger partial charge in [-0.3, -0.25) is 19.7 Å². The molecule has 2 bridgehead atoms. The van der Waals surface area contributed by atoms with Crippen molar-refractivity contribution in [1.82, 2.24) is 0 Å². The van der Waals surface area contributed by atoms with E-state index in [9.17, 15) is 19.7 Å². The molecule has 7 nitrogen and oxygen atoms in total. The number of hydrogen-bond acceptors (Lipinski definition) is 5. The van der Waals surface area contributed by atoms with Crippen LogP contribution in [0.4, 0.5) is 11.4 Å². The van der Waals surface area contributed by atoms with Gasteiger partial charge in [-0.2, -0.15) is 0 Å². The van der Waals surface area contributed by atoms with Gasteiger partial charge in [-0.1, -0.05) is 35.4 Å². The minimum atomic E-state index is -0.987. The second-order valence-corrected chi connectivity index (χ2v) is 8.25. The van der Waals surface area contributed by atoms with Crippen molar-refractivity contribution in [3.8, 4) is 0 Å². The Hall–Kier alpha value is -3.32. The highest BCUT2D eigenvalue weighted by molar-refractivity contribution is 6.23. The molecule has 2 fully saturated rings. The van der Waals surface area contributed by atoms with Crippen LogP contribution in [-0.4, -0.2) is 23.3 Å². The van der Waals surface area contributed by atoms with E-state index in [4.69, 9.17) is 4.74 Å². The summed E-state index contributed by atoms with van der Waals surface area (Å²) in [5.74, 6) is -1.91. The van der Waals surface area contributed by atoms with E-state index in [2.05, 4.69) is 0 Å². The molecule has 3 heterocycles. The van der Waals surface area contributed by atoms with E-state index in [-0.39, 0.29) is 23.4 Å². The average molecular weight is 404 g/mol. The van der Waals surface area contributed by atoms with Gasteiger partial charge in [0.2, 0.25) is 11.8 Å². The van der Waals surface area contributed by atoms with Gasteiger partial charge in [-0.15, -0.1) is 0 Å². The van der Waals surface area contributed by atoms with E-state index in [0.717, 1.165) is 16.7 Å². The Balaban J connectivity index is 1.61. The van der Waals surface area contributed by atoms with Gasteiger partial charge in [0.15, 0.2) is 0 Å². The predicted molar refractivity (Wildman–Crippen MR) is 109 cm³/mol. The number of amides is 2. The van der Waals surface area contributed by atoms with E-state index < -0.39 is 22.4 Å². The maximum Gasteiger partial charge on any atom is 0.269 e. The standard InChI is InChI=1S/C23H20N2O5/c1-13-3-5-15(6-4-13)23-11-14(2)18(12-30-23)19-20(23)22(27)24(21(19)26)16-7-9-17(10-8-16)25(28)29/h3-11,18-20H,12H2,1-2H3/t18-,19+,20-,23-/m1/s1. The summed E-state index contributed by atoms with van der Waals surface area (Å²) >= 11 is 0. The monoisotopic (exact) mass is 404 g/mol. The van der Waals surface area contributed by atoms with E-state index in [1.807, 2.05) is 44.2 Å². The molecule has 0 radical (unpaired) electrons. The Bertz CT molecular complexity index is 1110. The van der Waals surface area contributed by atoms with Crippen LogP contribution in [-0.2, 0) is 19.9 Å². The summed E-state index contributed by atoms with van der Waals surface area (Å²) in [6.07, 6.45) is 2.00. The zero-order valence-electron chi connectivity index (χ0n) is 16.6. The third-order valence-electron chi connectivity index (χ3n) is 6.60. The number of ether oxygens (including phenoxy) is 1. The van der Waals surface area contributed by atoms with Gasteiger partial charge in [-0.25, -0.2) is 4.90 Å². The van der Waals surface area contributed by atoms with Crippen molar-refractivity contribution in [3.63, 3.8) is 0 Å². The first-order valence-electron chi connectivity index (χ1n) is 9.86. The third-order valence-corrected chi connectivity index (χ3v) is 6.60. The summed E-state index contributed by atoms with van der Waals surface area (Å²) < 4.78 is 6.26. The van der Waals surface area contributed by atoms with Crippen molar-refractivity contribution >= 4 is 23.2 Å². The van der Waals surface area contributed by atoms with Gasteiger partial charge < -0.3 is 4.74 Å². The number of anilines is 1. The van der Waals surface area contributed by atoms with E-state index >= 15 is 0 Å². The molecule has 30 heavy (non-hydrogen) atoms. The number of non-ortho nitro benzene ring substituents is 1. The van der Waals surface area contributed by atoms with Crippen LogP contribution in [0.25, 0.3) is 0 Å². The quantitative estimate of drug-likeness (QED) is 0.338. The van der Waals surface area contributed by atoms with Gasteiger partial charge in [0.25, 0.3) is 5.69 Å². The highest BCUT2D eigenvalue weighted by atomic mass is 16.6. The van der Waals surface area contributed by atoms with Gasteiger partial charge in [0, 0.05) is 18.1 Å². The molecule has 4 atom stereocenters. The van der Waals surface area contributed by atoms with Gasteiger partial charge in [0.1, 0.15) is 5.60 Å². The molecule has 2 saturated heterocycles. The molecular weight excluding hydrogens is 384 g/mol. The number of aryl methyl sites for hydroxylation is 1. The van der Waals surface area contributed by atoms with Crippen molar-refractivity contribution < 1.29 is 19.2 Å². The highest BCUT2D eigenvalue weighted by Gasteiger charge is 2.65. The Labute approximate surface area is 173 Å². The highest BCUT2D eigenvalue weighted by Crippen LogP contribution is 2.57. The fourth-order valence-electron chi connectivity index (χ4n) is 5.10. The smallest absolute Gasteiger partial charge is 0.269 e. The summed E-state index contributed by atoms with van der Waals surface area (Å²) in [6.45, 7) is 4.35. The lowest BCUT2D eigenvalue weighted by Gasteiger charge is -2.50. The molecular formula is C23H20N2O5. The van der Waals surface area contributed by atoms with Gasteiger partial charge >= 0.3 is 0 Å². The minimum absolute atomic E-state index is 0.0905. The molecule has 7 heteroatoms. The lowest BCUT2D eigenvalue weighted by molar-refractivity contribution is -0.384. The van der Waals surface area contributed by atoms with Crippen molar-refractivity contribution in [1.29, 1.82) is 0 Å². The fraction of sp³-hybridized carbons (Fsp3) is 0.304. The van der Waals surface area contributed by atoms with Gasteiger partial charge in [-0.05, 0) is 37.6 Å². The first-order chi connectivity index (χ1) is 14.3. The maximum atomic E-state index is 13.6. The lowest BCUT2D eigenvalue weighted by atomic mass is 9.62. The number of fused-ring (bicyclic) bond motifs is 1. The zero-order valence-corrected chi connectivity index (χ0v) is 16.6. The number of nitrogens with zero attached hydrogens (tertiary/aromatic N) is 2. The van der Waals surface area contributed by atoms with E-state index in [1.54, 1.807) is 0 Å². The topological polar surface area (TPSA) is 89.8 Å². The SMILES string of the molecule is CC1=C[C@]2(c3ccc(C)cc3)OC[C@H]1[C@@H]1C(=O)N(c3ccc([N+](=O)[O-])cc3)C(=O)[C@@H]12. The molecule has 4 aliphatic rings. The number of nitro groups is 1. The van der Waals surface area contributed by atoms with Crippen LogP contribution in [0.5, 0.6) is 0 Å². The molecule has 2 aromatic carbocycles. The van der Waals surface area contributed by atoms with Crippen molar-refractivity contribution in [2.45, 2.75) is 19.4 Å². The molecule has 0 spiro atoms. The van der Waals surface area contributed by atoms with Gasteiger partial charge in [0.05, 0.1) is 29.1 Å². The zero-order chi connectivity index (χ0) is 21.2. The van der Waals surface area contributed by atoms with Crippen LogP contribution in [0, 0.1) is 34.8 Å². The molecule has 2 aromatic rings. The fourth-order valence-corrected chi connectivity index (χ4v) is 5.10. The Kier molecular flexibility index (Phi) is 3.95. The van der Waals surface area contributed by atoms with E-state index in [0.29, 0.717) is 12.3 Å². The summed E-state index contributed by atoms with van der Waals surface area (Å²) in [6, 6.07) is 13.4. The first kappa shape index (κ1) is 18.7. The number of nitro benzene ring substituents is 1. The van der Waals surface area contributed by atoms with Crippen LogP contribution in [0.3, 0.4) is 0 Å². The van der Waals surface area contributed by atoms with Crippen molar-refractivity contribution in [2.75, 3.05) is 11.5 Å². The summed E-state index contributed by atoms with van der Waals surface area (Å²) in [7, 11) is 0. The molecule has 0 N–H and O–H groups in total. The number of carbonyl (C=O) groups excluding carboxylic acids is 2. The number of carbonyl (C=O) groups is 2. The summed E-state index contributed by atoms with van der Waals surface area (Å²) in [5.41, 5.74) is 2.27. The molecule has 2 amide bonds. The van der Waals surface area contributed by atoms with Crippen LogP contribution >= 0.6 is 0 Å². The summed E-state index contributed by atoms with van der Waals surface area (Å²) in [5, 5.41) is 11.0. The first-order valence-corrected chi connectivity index (χ1v) is 9.86. The van der Waals surface area contributed by atoms with E-state index in [1.165, 1.54) is 29.2 Å². The minimum Gasteiger partial charge on any atom is -0.365 e. The Morgan fingerprint density at radius 3 is 2.30 bits per heavy atom. The molecule has 152 valence electrons. The largest absolute Gasteiger partial charge is 0.365 e. The average Bonchev–Trinajstić information content (AvgIpc) is 3.01. The second-order valence-electron chi connectivity index (χ2n) is 8.25. The second kappa shape index (κ2) is 6.34. The number of benzene rings is 2. The number of imide groups is 1. The van der Waals surface area contributed by atoms with Crippen molar-refractivity contribution in [2.24, 2.45) is 17.8 Å². The number of hydrogen-bond donors (Lipinski definition) is 0. The van der Waals surface area contributed by atoms with Crippen LogP contribution in [0.1, 0.15) is 18.1 Å². The normalized spacial score (nSPS) is 29.7. The van der Waals surface area contributed by atoms with Crippen LogP contribution in [0.2, 0.25) is 0 Å². The predicted octanol–water partition coefficient (Wildman–Crippen LogP) is 3.51. The summed E-state index contributed by atoms with van der Waals surface area (Å²) in [4.78, 5) is 38.6. The van der Waals surface area contributed by atoms with Crippen LogP contribution < -0.4 is 4.90 Å². The Morgan fingerprint density at radius 2 is 1.70 bits per heavy atom. The molecule has 3 aliphatic heterocycles. The van der Waals surface area contributed by atoms with Crippen LogP contribution in [0.15, 0.2) is 60.2 Å². The molecule has 0 aromatic heterocycles. The Morgan fingerprint density at radius 1 is 1.03 bits per heavy atom.